The molecule has 2 aliphatic heterocycles. The van der Waals surface area contributed by atoms with Crippen molar-refractivity contribution in [3.63, 3.8) is 0 Å². The fourth-order valence-corrected chi connectivity index (χ4v) is 9.67. The number of likely N-dealkylation sites (N-methyl/N-ethyl adjacent to an activating group) is 1. The van der Waals surface area contributed by atoms with E-state index in [1.165, 1.54) is 28.9 Å². The number of aromatic nitrogens is 2. The molecule has 5 aromatic rings. The van der Waals surface area contributed by atoms with E-state index in [2.05, 4.69) is 33.7 Å². The first-order valence-corrected chi connectivity index (χ1v) is 24.4. The summed E-state index contributed by atoms with van der Waals surface area (Å²) in [6, 6.07) is 20.2. The molecule has 7 rings (SSSR count). The molecule has 1 aromatic heterocycles. The minimum absolute atomic E-state index is 0.0666. The van der Waals surface area contributed by atoms with Gasteiger partial charge in [0.25, 0.3) is 21.8 Å². The van der Waals surface area contributed by atoms with Crippen LogP contribution in [0.3, 0.4) is 0 Å². The zero-order valence-corrected chi connectivity index (χ0v) is 39.6. The first-order chi connectivity index (χ1) is 31.3. The number of halogens is 1. The molecule has 1 fully saturated rings. The number of ether oxygens (including phenoxy) is 2. The van der Waals surface area contributed by atoms with E-state index in [1.54, 1.807) is 36.1 Å². The molecule has 0 saturated carbocycles. The number of rotatable bonds is 19. The molecular formula is C49H60ClN7O7S. The van der Waals surface area contributed by atoms with Crippen molar-refractivity contribution in [2.24, 2.45) is 0 Å². The van der Waals surface area contributed by atoms with Crippen molar-refractivity contribution in [3.8, 4) is 11.4 Å². The molecule has 65 heavy (non-hydrogen) atoms. The Morgan fingerprint density at radius 3 is 2.42 bits per heavy atom. The van der Waals surface area contributed by atoms with Crippen molar-refractivity contribution in [2.45, 2.75) is 70.4 Å². The summed E-state index contributed by atoms with van der Waals surface area (Å²) in [5.74, 6) is -1.09. The largest absolute Gasteiger partial charge is 0.492 e. The van der Waals surface area contributed by atoms with E-state index in [4.69, 9.17) is 26.2 Å². The summed E-state index contributed by atoms with van der Waals surface area (Å²) in [5, 5.41) is 9.83. The van der Waals surface area contributed by atoms with Crippen LogP contribution in [0.25, 0.3) is 16.5 Å². The molecule has 2 N–H and O–H groups in total. The number of morpholine rings is 1. The quantitative estimate of drug-likeness (QED) is 0.0855. The van der Waals surface area contributed by atoms with Crippen LogP contribution >= 0.6 is 11.6 Å². The number of nitrogens with one attached hydrogen (secondary N) is 2. The van der Waals surface area contributed by atoms with Gasteiger partial charge in [-0.2, -0.15) is 5.10 Å². The van der Waals surface area contributed by atoms with Crippen molar-refractivity contribution in [3.05, 3.63) is 117 Å². The number of amides is 2. The molecule has 4 aromatic carbocycles. The summed E-state index contributed by atoms with van der Waals surface area (Å²) in [5.41, 5.74) is 3.14. The number of nitrogens with zero attached hydrogens (tertiary/aromatic N) is 5. The van der Waals surface area contributed by atoms with E-state index < -0.39 is 15.9 Å². The third kappa shape index (κ3) is 11.1. The predicted molar refractivity (Wildman–Crippen MR) is 253 cm³/mol. The highest BCUT2D eigenvalue weighted by Gasteiger charge is 2.30. The van der Waals surface area contributed by atoms with E-state index in [1.807, 2.05) is 38.4 Å². The normalized spacial score (nSPS) is 15.5. The molecule has 0 radical (unpaired) electrons. The number of ketones is 1. The Bertz CT molecular complexity index is 2640. The second-order valence-electron chi connectivity index (χ2n) is 17.1. The van der Waals surface area contributed by atoms with Gasteiger partial charge in [0.05, 0.1) is 34.5 Å². The van der Waals surface area contributed by atoms with Crippen LogP contribution in [0.5, 0.6) is 5.75 Å². The molecule has 0 spiro atoms. The van der Waals surface area contributed by atoms with E-state index >= 15 is 4.79 Å². The van der Waals surface area contributed by atoms with Crippen LogP contribution in [0.2, 0.25) is 5.02 Å². The van der Waals surface area contributed by atoms with Crippen molar-refractivity contribution < 1.29 is 32.3 Å². The zero-order valence-electron chi connectivity index (χ0n) is 38.0. The standard InChI is InChI=1S/C49H60ClN7O7S/c1-6-8-20-56(21-9-7-2)49(60)46-45(50)33(3)57(52-46)43-19-17-35(28-42(43)47(58)39-14-10-13-36-31-51-37(29-40(36)39)32-54(4)5)48(59)53-65(61,62)38-18-16-34-12-11-15-44(41(34)30-38)64-27-24-55-22-25-63-26-23-55/h10-19,28,30,37,51H,6-9,20-27,29,31-32H2,1-5H3,(H,53,59). The summed E-state index contributed by atoms with van der Waals surface area (Å²) in [4.78, 5) is 49.2. The van der Waals surface area contributed by atoms with Gasteiger partial charge in [-0.3, -0.25) is 19.3 Å². The number of sulfonamides is 1. The Hall–Kier alpha value is -5.16. The van der Waals surface area contributed by atoms with Crippen LogP contribution in [0.15, 0.2) is 77.7 Å². The fourth-order valence-electron chi connectivity index (χ4n) is 8.47. The van der Waals surface area contributed by atoms with E-state index in [0.29, 0.717) is 74.8 Å². The van der Waals surface area contributed by atoms with Gasteiger partial charge in [-0.1, -0.05) is 74.7 Å². The van der Waals surface area contributed by atoms with Crippen LogP contribution < -0.4 is 14.8 Å². The molecule has 3 heterocycles. The van der Waals surface area contributed by atoms with E-state index in [0.717, 1.165) is 61.8 Å². The molecular weight excluding hydrogens is 866 g/mol. The van der Waals surface area contributed by atoms with Gasteiger partial charge < -0.3 is 24.6 Å². The first kappa shape index (κ1) is 47.8. The van der Waals surface area contributed by atoms with Gasteiger partial charge >= 0.3 is 0 Å². The lowest BCUT2D eigenvalue weighted by atomic mass is 9.87. The molecule has 14 nitrogen and oxygen atoms in total. The van der Waals surface area contributed by atoms with Gasteiger partial charge in [0.15, 0.2) is 11.5 Å². The van der Waals surface area contributed by atoms with Crippen molar-refractivity contribution in [1.29, 1.82) is 0 Å². The maximum Gasteiger partial charge on any atom is 0.275 e. The average molecular weight is 927 g/mol. The molecule has 1 saturated heterocycles. The highest BCUT2D eigenvalue weighted by Crippen LogP contribution is 2.32. The van der Waals surface area contributed by atoms with Crippen LogP contribution in [0.4, 0.5) is 0 Å². The highest BCUT2D eigenvalue weighted by atomic mass is 35.5. The Kier molecular flexibility index (Phi) is 15.8. The van der Waals surface area contributed by atoms with Crippen molar-refractivity contribution in [2.75, 3.05) is 73.2 Å². The van der Waals surface area contributed by atoms with Gasteiger partial charge in [0.1, 0.15) is 12.4 Å². The van der Waals surface area contributed by atoms with Crippen molar-refractivity contribution >= 4 is 50.0 Å². The molecule has 1 unspecified atom stereocenters. The number of carbonyl (C=O) groups is 3. The maximum atomic E-state index is 15.1. The Morgan fingerprint density at radius 2 is 1.69 bits per heavy atom. The SMILES string of the molecule is CCCCN(CCCC)C(=O)c1nn(-c2ccc(C(=O)NS(=O)(=O)c3ccc4cccc(OCCN5CCOCC5)c4c3)cc2C(=O)c2cccc3c2CC(CN(C)C)NC3)c(C)c1Cl. The highest BCUT2D eigenvalue weighted by molar-refractivity contribution is 7.90. The summed E-state index contributed by atoms with van der Waals surface area (Å²) in [6.45, 7) is 12.4. The summed E-state index contributed by atoms with van der Waals surface area (Å²) in [6.07, 6.45) is 4.05. The molecule has 0 aliphatic carbocycles. The maximum absolute atomic E-state index is 15.1. The minimum atomic E-state index is -4.42. The topological polar surface area (TPSA) is 155 Å². The van der Waals surface area contributed by atoms with Gasteiger partial charge in [-0.15, -0.1) is 0 Å². The van der Waals surface area contributed by atoms with Crippen LogP contribution in [-0.2, 0) is 27.7 Å². The molecule has 2 amide bonds. The molecule has 0 bridgehead atoms. The second-order valence-corrected chi connectivity index (χ2v) is 19.1. The Labute approximate surface area is 387 Å². The van der Waals surface area contributed by atoms with Gasteiger partial charge in [0, 0.05) is 73.9 Å². The third-order valence-electron chi connectivity index (χ3n) is 12.1. The second kappa shape index (κ2) is 21.4. The summed E-state index contributed by atoms with van der Waals surface area (Å²) in [7, 11) is -0.418. The molecule has 1 atom stereocenters. The summed E-state index contributed by atoms with van der Waals surface area (Å²) >= 11 is 6.92. The number of unbranched alkanes of at least 4 members (excludes halogenated alkanes) is 2. The number of hydrogen-bond donors (Lipinski definition) is 2. The number of fused-ring (bicyclic) bond motifs is 2. The van der Waals surface area contributed by atoms with Crippen LogP contribution in [-0.4, -0.2) is 130 Å². The Morgan fingerprint density at radius 1 is 0.954 bits per heavy atom. The average Bonchev–Trinajstić information content (AvgIpc) is 3.60. The zero-order chi connectivity index (χ0) is 46.3. The monoisotopic (exact) mass is 925 g/mol. The smallest absolute Gasteiger partial charge is 0.275 e. The minimum Gasteiger partial charge on any atom is -0.492 e. The lowest BCUT2D eigenvalue weighted by molar-refractivity contribution is 0.0323. The van der Waals surface area contributed by atoms with Crippen LogP contribution in [0, 0.1) is 6.92 Å². The van der Waals surface area contributed by atoms with Gasteiger partial charge in [0.2, 0.25) is 0 Å². The van der Waals surface area contributed by atoms with E-state index in [9.17, 15) is 18.0 Å². The van der Waals surface area contributed by atoms with Crippen LogP contribution in [0.1, 0.15) is 93.1 Å². The number of benzene rings is 4. The van der Waals surface area contributed by atoms with Crippen molar-refractivity contribution in [1.82, 2.24) is 34.5 Å². The number of hydrogen-bond acceptors (Lipinski definition) is 11. The number of carbonyl (C=O) groups excluding carboxylic acids is 3. The fraction of sp³-hybridized carbons (Fsp3) is 0.429. The summed E-state index contributed by atoms with van der Waals surface area (Å²) < 4.78 is 43.3. The van der Waals surface area contributed by atoms with Gasteiger partial charge in [-0.05, 0) is 93.2 Å². The first-order valence-electron chi connectivity index (χ1n) is 22.5. The van der Waals surface area contributed by atoms with E-state index in [-0.39, 0.29) is 50.2 Å². The molecule has 346 valence electrons. The van der Waals surface area contributed by atoms with Gasteiger partial charge in [-0.25, -0.2) is 17.8 Å². The third-order valence-corrected chi connectivity index (χ3v) is 13.9. The lowest BCUT2D eigenvalue weighted by Gasteiger charge is -2.29. The molecule has 16 heteroatoms. The predicted octanol–water partition coefficient (Wildman–Crippen LogP) is 6.67. The Balaban J connectivity index is 1.23. The molecule has 2 aliphatic rings. The lowest BCUT2D eigenvalue weighted by Crippen LogP contribution is -2.43.